The van der Waals surface area contributed by atoms with Crippen molar-refractivity contribution in [3.63, 3.8) is 0 Å². The highest BCUT2D eigenvalue weighted by atomic mass is 16.3. The standard InChI is InChI=1S/C17H25N5O2/c1-11(2)17-19-14(10-24-17)9-22-5-4-13(8-22)7-18-16(23)15-6-12(3)20-21-15/h6,10-11,13H,4-5,7-9H2,1-3H3,(H,18,23)(H,20,21)/t13-/m0/s1. The van der Waals surface area contributed by atoms with Gasteiger partial charge in [0.2, 0.25) is 0 Å². The summed E-state index contributed by atoms with van der Waals surface area (Å²) >= 11 is 0. The molecule has 0 aromatic carbocycles. The molecule has 1 saturated heterocycles. The van der Waals surface area contributed by atoms with E-state index in [0.29, 0.717) is 24.1 Å². The highest BCUT2D eigenvalue weighted by Crippen LogP contribution is 2.19. The van der Waals surface area contributed by atoms with Gasteiger partial charge in [-0.05, 0) is 31.9 Å². The van der Waals surface area contributed by atoms with Crippen molar-refractivity contribution in [3.8, 4) is 0 Å². The van der Waals surface area contributed by atoms with Crippen LogP contribution < -0.4 is 5.32 Å². The number of nitrogens with zero attached hydrogens (tertiary/aromatic N) is 3. The van der Waals surface area contributed by atoms with Crippen LogP contribution in [0.5, 0.6) is 0 Å². The number of hydrogen-bond acceptors (Lipinski definition) is 5. The third kappa shape index (κ3) is 4.03. The number of oxazole rings is 1. The molecule has 2 aromatic rings. The van der Waals surface area contributed by atoms with Crippen molar-refractivity contribution in [2.24, 2.45) is 5.92 Å². The van der Waals surface area contributed by atoms with Gasteiger partial charge in [-0.15, -0.1) is 0 Å². The molecule has 130 valence electrons. The van der Waals surface area contributed by atoms with Crippen molar-refractivity contribution < 1.29 is 9.21 Å². The van der Waals surface area contributed by atoms with Crippen molar-refractivity contribution in [2.45, 2.75) is 39.7 Å². The molecule has 0 aliphatic carbocycles. The minimum Gasteiger partial charge on any atom is -0.448 e. The first kappa shape index (κ1) is 16.7. The first-order chi connectivity index (χ1) is 11.5. The average molecular weight is 331 g/mol. The van der Waals surface area contributed by atoms with Crippen molar-refractivity contribution in [3.05, 3.63) is 35.3 Å². The summed E-state index contributed by atoms with van der Waals surface area (Å²) in [5, 5.41) is 9.74. The van der Waals surface area contributed by atoms with Crippen molar-refractivity contribution in [1.82, 2.24) is 25.4 Å². The molecule has 0 bridgehead atoms. The lowest BCUT2D eigenvalue weighted by molar-refractivity contribution is 0.0942. The number of likely N-dealkylation sites (tertiary alicyclic amines) is 1. The van der Waals surface area contributed by atoms with Crippen LogP contribution in [0, 0.1) is 12.8 Å². The zero-order valence-corrected chi connectivity index (χ0v) is 14.5. The number of carbonyl (C=O) groups is 1. The fourth-order valence-corrected chi connectivity index (χ4v) is 2.97. The van der Waals surface area contributed by atoms with Gasteiger partial charge in [-0.1, -0.05) is 13.8 Å². The Morgan fingerprint density at radius 3 is 3.04 bits per heavy atom. The van der Waals surface area contributed by atoms with E-state index in [-0.39, 0.29) is 5.91 Å². The number of nitrogens with one attached hydrogen (secondary N) is 2. The maximum absolute atomic E-state index is 12.0. The molecule has 7 nitrogen and oxygen atoms in total. The Morgan fingerprint density at radius 1 is 1.54 bits per heavy atom. The number of aromatic amines is 1. The first-order valence-electron chi connectivity index (χ1n) is 8.48. The van der Waals surface area contributed by atoms with Crippen molar-refractivity contribution >= 4 is 5.91 Å². The summed E-state index contributed by atoms with van der Waals surface area (Å²) < 4.78 is 5.49. The van der Waals surface area contributed by atoms with Crippen LogP contribution in [-0.2, 0) is 6.54 Å². The van der Waals surface area contributed by atoms with Gasteiger partial charge < -0.3 is 9.73 Å². The number of rotatable bonds is 6. The van der Waals surface area contributed by atoms with Gasteiger partial charge in [0.1, 0.15) is 12.0 Å². The predicted molar refractivity (Wildman–Crippen MR) is 89.6 cm³/mol. The smallest absolute Gasteiger partial charge is 0.271 e. The number of H-pyrrole nitrogens is 1. The fraction of sp³-hybridized carbons (Fsp3) is 0.588. The number of aromatic nitrogens is 3. The summed E-state index contributed by atoms with van der Waals surface area (Å²) in [7, 11) is 0. The maximum atomic E-state index is 12.0. The van der Waals surface area contributed by atoms with Gasteiger partial charge in [-0.3, -0.25) is 14.8 Å². The third-order valence-corrected chi connectivity index (χ3v) is 4.31. The van der Waals surface area contributed by atoms with Crippen LogP contribution in [0.15, 0.2) is 16.7 Å². The van der Waals surface area contributed by atoms with E-state index in [2.05, 4.69) is 39.2 Å². The normalized spacial score (nSPS) is 18.4. The van der Waals surface area contributed by atoms with E-state index in [4.69, 9.17) is 4.42 Å². The second-order valence-corrected chi connectivity index (χ2v) is 6.87. The van der Waals surface area contributed by atoms with Crippen LogP contribution in [0.2, 0.25) is 0 Å². The summed E-state index contributed by atoms with van der Waals surface area (Å²) in [6, 6.07) is 1.76. The van der Waals surface area contributed by atoms with Gasteiger partial charge >= 0.3 is 0 Å². The van der Waals surface area contributed by atoms with Gasteiger partial charge in [-0.2, -0.15) is 5.10 Å². The van der Waals surface area contributed by atoms with Crippen LogP contribution in [0.1, 0.15) is 54.0 Å². The van der Waals surface area contributed by atoms with E-state index in [1.807, 2.05) is 6.92 Å². The second kappa shape index (κ2) is 7.17. The molecule has 0 unspecified atom stereocenters. The van der Waals surface area contributed by atoms with Crippen molar-refractivity contribution in [1.29, 1.82) is 0 Å². The first-order valence-corrected chi connectivity index (χ1v) is 8.48. The molecule has 1 atom stereocenters. The van der Waals surface area contributed by atoms with Crippen LogP contribution >= 0.6 is 0 Å². The molecule has 1 fully saturated rings. The Morgan fingerprint density at radius 2 is 2.38 bits per heavy atom. The van der Waals surface area contributed by atoms with E-state index in [1.54, 1.807) is 12.3 Å². The lowest BCUT2D eigenvalue weighted by atomic mass is 10.1. The zero-order chi connectivity index (χ0) is 17.1. The van der Waals surface area contributed by atoms with E-state index in [1.165, 1.54) is 0 Å². The van der Waals surface area contributed by atoms with E-state index in [9.17, 15) is 4.79 Å². The van der Waals surface area contributed by atoms with Gasteiger partial charge in [-0.25, -0.2) is 4.98 Å². The molecule has 0 spiro atoms. The van der Waals surface area contributed by atoms with Gasteiger partial charge in [0.05, 0.1) is 5.69 Å². The molecular weight excluding hydrogens is 306 g/mol. The predicted octanol–water partition coefficient (Wildman–Crippen LogP) is 2.08. The molecular formula is C17H25N5O2. The topological polar surface area (TPSA) is 87.1 Å². The van der Waals surface area contributed by atoms with Crippen molar-refractivity contribution in [2.75, 3.05) is 19.6 Å². The molecule has 1 aliphatic heterocycles. The maximum Gasteiger partial charge on any atom is 0.271 e. The van der Waals surface area contributed by atoms with Crippen LogP contribution in [-0.4, -0.2) is 45.6 Å². The summed E-state index contributed by atoms with van der Waals surface area (Å²) in [6.45, 7) is 9.50. The van der Waals surface area contributed by atoms with Crippen LogP contribution in [0.25, 0.3) is 0 Å². The number of amides is 1. The third-order valence-electron chi connectivity index (χ3n) is 4.31. The van der Waals surface area contributed by atoms with Gasteiger partial charge in [0, 0.05) is 31.2 Å². The summed E-state index contributed by atoms with van der Waals surface area (Å²) in [5.41, 5.74) is 2.32. The minimum absolute atomic E-state index is 0.115. The lowest BCUT2D eigenvalue weighted by Gasteiger charge is -2.14. The largest absolute Gasteiger partial charge is 0.448 e. The summed E-state index contributed by atoms with van der Waals surface area (Å²) in [4.78, 5) is 18.9. The van der Waals surface area contributed by atoms with Crippen LogP contribution in [0.4, 0.5) is 0 Å². The summed E-state index contributed by atoms with van der Waals surface area (Å²) in [5.74, 6) is 1.45. The second-order valence-electron chi connectivity index (χ2n) is 6.87. The van der Waals surface area contributed by atoms with E-state index in [0.717, 1.165) is 43.3 Å². The molecule has 2 N–H and O–H groups in total. The summed E-state index contributed by atoms with van der Waals surface area (Å²) in [6.07, 6.45) is 2.83. The van der Waals surface area contributed by atoms with E-state index >= 15 is 0 Å². The van der Waals surface area contributed by atoms with Gasteiger partial charge in [0.25, 0.3) is 5.91 Å². The Hall–Kier alpha value is -2.15. The van der Waals surface area contributed by atoms with Crippen LogP contribution in [0.3, 0.4) is 0 Å². The molecule has 3 heterocycles. The SMILES string of the molecule is Cc1cc(C(=O)NC[C@@H]2CCN(Cc3coc(C(C)C)n3)C2)n[nH]1. The Bertz CT molecular complexity index is 691. The zero-order valence-electron chi connectivity index (χ0n) is 14.5. The number of aryl methyl sites for hydroxylation is 1. The Kier molecular flexibility index (Phi) is 4.99. The highest BCUT2D eigenvalue weighted by Gasteiger charge is 2.24. The molecule has 2 aromatic heterocycles. The lowest BCUT2D eigenvalue weighted by Crippen LogP contribution is -2.31. The molecule has 3 rings (SSSR count). The quantitative estimate of drug-likeness (QED) is 0.846. The number of carbonyl (C=O) groups excluding carboxylic acids is 1. The monoisotopic (exact) mass is 331 g/mol. The molecule has 7 heteroatoms. The molecule has 1 amide bonds. The minimum atomic E-state index is -0.115. The average Bonchev–Trinajstić information content (AvgIpc) is 3.26. The molecule has 24 heavy (non-hydrogen) atoms. The fourth-order valence-electron chi connectivity index (χ4n) is 2.97. The molecule has 0 saturated carbocycles. The van der Waals surface area contributed by atoms with E-state index < -0.39 is 0 Å². The van der Waals surface area contributed by atoms with Gasteiger partial charge in [0.15, 0.2) is 5.89 Å². The Balaban J connectivity index is 1.44. The highest BCUT2D eigenvalue weighted by molar-refractivity contribution is 5.92. The number of hydrogen-bond donors (Lipinski definition) is 2. The molecule has 1 aliphatic rings. The molecule has 0 radical (unpaired) electrons. The Labute approximate surface area is 141 Å².